The first-order chi connectivity index (χ1) is 12.6. The third-order valence-corrected chi connectivity index (χ3v) is 7.72. The highest BCUT2D eigenvalue weighted by Crippen LogP contribution is 2.37. The van der Waals surface area contributed by atoms with Crippen LogP contribution in [-0.2, 0) is 20.8 Å². The molecule has 27 heavy (non-hydrogen) atoms. The number of ether oxygens (including phenoxy) is 1. The Morgan fingerprint density at radius 2 is 2.00 bits per heavy atom. The van der Waals surface area contributed by atoms with E-state index >= 15 is 0 Å². The molecule has 3 rings (SSSR count). The van der Waals surface area contributed by atoms with Crippen molar-refractivity contribution >= 4 is 25.8 Å². The van der Waals surface area contributed by atoms with Gasteiger partial charge in [0.15, 0.2) is 9.84 Å². The topological polar surface area (TPSA) is 56.3 Å². The highest BCUT2D eigenvalue weighted by Gasteiger charge is 2.37. The molecule has 2 heterocycles. The molecule has 1 aliphatic heterocycles. The fraction of sp³-hybridized carbons (Fsp3) is 0.389. The van der Waals surface area contributed by atoms with Crippen molar-refractivity contribution in [2.24, 2.45) is 0 Å². The number of hydrogen-bond acceptors (Lipinski definition) is 4. The van der Waals surface area contributed by atoms with Gasteiger partial charge in [-0.15, -0.1) is 0 Å². The first-order valence-electron chi connectivity index (χ1n) is 8.24. The van der Waals surface area contributed by atoms with Crippen LogP contribution in [0.15, 0.2) is 45.9 Å². The molecule has 2 aromatic rings. The van der Waals surface area contributed by atoms with Gasteiger partial charge in [0.2, 0.25) is 0 Å². The smallest absolute Gasteiger partial charge is 0.372 e. The van der Waals surface area contributed by atoms with Gasteiger partial charge in [-0.2, -0.15) is 13.2 Å². The van der Waals surface area contributed by atoms with Crippen LogP contribution in [0.4, 0.5) is 13.2 Å². The van der Waals surface area contributed by atoms with E-state index in [1.54, 1.807) is 12.3 Å². The van der Waals surface area contributed by atoms with Crippen molar-refractivity contribution in [1.82, 2.24) is 4.98 Å². The second kappa shape index (κ2) is 7.52. The molecule has 1 aliphatic rings. The van der Waals surface area contributed by atoms with Crippen LogP contribution in [-0.4, -0.2) is 25.3 Å². The molecule has 0 bridgehead atoms. The van der Waals surface area contributed by atoms with E-state index in [0.717, 1.165) is 22.2 Å². The molecular weight excluding hydrogens is 447 g/mol. The summed E-state index contributed by atoms with van der Waals surface area (Å²) in [7, 11) is -3.93. The number of rotatable bonds is 3. The van der Waals surface area contributed by atoms with Crippen molar-refractivity contribution < 1.29 is 26.3 Å². The van der Waals surface area contributed by atoms with Crippen LogP contribution in [0.3, 0.4) is 0 Å². The number of hydrogen-bond donors (Lipinski definition) is 0. The number of benzene rings is 1. The minimum absolute atomic E-state index is 0.142. The largest absolute Gasteiger partial charge is 0.416 e. The van der Waals surface area contributed by atoms with Crippen molar-refractivity contribution in [1.29, 1.82) is 0 Å². The predicted octanol–water partition coefficient (Wildman–Crippen LogP) is 4.87. The lowest BCUT2D eigenvalue weighted by Crippen LogP contribution is -2.31. The normalized spacial score (nSPS) is 21.2. The molecule has 0 amide bonds. The van der Waals surface area contributed by atoms with E-state index in [4.69, 9.17) is 4.74 Å². The van der Waals surface area contributed by atoms with Crippen molar-refractivity contribution in [2.45, 2.75) is 42.2 Å². The highest BCUT2D eigenvalue weighted by molar-refractivity contribution is 9.10. The molecule has 146 valence electrons. The SMILES string of the molecule is Cc1c(Br)ccnc1C1CC(S(=O)(=O)c2cccc(C(F)(F)F)c2)CCO1. The zero-order chi connectivity index (χ0) is 19.8. The van der Waals surface area contributed by atoms with E-state index in [2.05, 4.69) is 20.9 Å². The van der Waals surface area contributed by atoms with E-state index < -0.39 is 32.9 Å². The third kappa shape index (κ3) is 4.20. The Morgan fingerprint density at radius 1 is 1.26 bits per heavy atom. The molecule has 0 aliphatic carbocycles. The quantitative estimate of drug-likeness (QED) is 0.651. The molecular formula is C18H17BrF3NO3S. The fourth-order valence-corrected chi connectivity index (χ4v) is 5.23. The molecule has 4 nitrogen and oxygen atoms in total. The van der Waals surface area contributed by atoms with Gasteiger partial charge >= 0.3 is 6.18 Å². The lowest BCUT2D eigenvalue weighted by atomic mass is 10.0. The fourth-order valence-electron chi connectivity index (χ4n) is 3.13. The van der Waals surface area contributed by atoms with Gasteiger partial charge in [0.05, 0.1) is 21.4 Å². The molecule has 2 unspecified atom stereocenters. The van der Waals surface area contributed by atoms with Crippen LogP contribution in [0.2, 0.25) is 0 Å². The Morgan fingerprint density at radius 3 is 2.70 bits per heavy atom. The van der Waals surface area contributed by atoms with Crippen LogP contribution in [0.25, 0.3) is 0 Å². The van der Waals surface area contributed by atoms with Crippen LogP contribution < -0.4 is 0 Å². The summed E-state index contributed by atoms with van der Waals surface area (Å²) in [6.07, 6.45) is -3.16. The van der Waals surface area contributed by atoms with Gasteiger partial charge in [0, 0.05) is 17.3 Å². The molecule has 0 spiro atoms. The average Bonchev–Trinajstić information content (AvgIpc) is 2.63. The number of pyridine rings is 1. The summed E-state index contributed by atoms with van der Waals surface area (Å²) in [6.45, 7) is 2.04. The monoisotopic (exact) mass is 463 g/mol. The van der Waals surface area contributed by atoms with Crippen molar-refractivity contribution in [2.75, 3.05) is 6.61 Å². The summed E-state index contributed by atoms with van der Waals surface area (Å²) in [6, 6.07) is 5.66. The second-order valence-corrected chi connectivity index (χ2v) is 9.46. The van der Waals surface area contributed by atoms with Crippen molar-refractivity contribution in [3.8, 4) is 0 Å². The minimum Gasteiger partial charge on any atom is -0.372 e. The van der Waals surface area contributed by atoms with E-state index in [0.29, 0.717) is 11.8 Å². The summed E-state index contributed by atoms with van der Waals surface area (Å²) in [5, 5.41) is -0.833. The molecule has 1 saturated heterocycles. The van der Waals surface area contributed by atoms with E-state index in [1.165, 1.54) is 6.07 Å². The van der Waals surface area contributed by atoms with E-state index in [-0.39, 0.29) is 24.3 Å². The molecule has 0 radical (unpaired) electrons. The Kier molecular flexibility index (Phi) is 5.65. The van der Waals surface area contributed by atoms with Gasteiger partial charge in [-0.25, -0.2) is 8.42 Å². The lowest BCUT2D eigenvalue weighted by Gasteiger charge is -2.30. The maximum atomic E-state index is 12.9. The maximum absolute atomic E-state index is 12.9. The Bertz CT molecular complexity index is 947. The van der Waals surface area contributed by atoms with Crippen LogP contribution in [0, 0.1) is 6.92 Å². The average molecular weight is 464 g/mol. The number of halogens is 4. The van der Waals surface area contributed by atoms with Gasteiger partial charge < -0.3 is 4.74 Å². The number of sulfone groups is 1. The second-order valence-electron chi connectivity index (χ2n) is 6.38. The Labute approximate surface area is 163 Å². The lowest BCUT2D eigenvalue weighted by molar-refractivity contribution is -0.137. The third-order valence-electron chi connectivity index (χ3n) is 4.65. The maximum Gasteiger partial charge on any atom is 0.416 e. The molecule has 2 atom stereocenters. The standard InChI is InChI=1S/C18H17BrF3NO3S/c1-11-15(19)5-7-23-17(11)16-10-14(6-8-26-16)27(24,25)13-4-2-3-12(9-13)18(20,21)22/h2-5,7,9,14,16H,6,8,10H2,1H3. The van der Waals surface area contributed by atoms with Crippen molar-refractivity contribution in [3.63, 3.8) is 0 Å². The Balaban J connectivity index is 1.90. The summed E-state index contributed by atoms with van der Waals surface area (Å²) in [4.78, 5) is 3.98. The van der Waals surface area contributed by atoms with E-state index in [1.807, 2.05) is 6.92 Å². The summed E-state index contributed by atoms with van der Waals surface area (Å²) in [5.41, 5.74) is 0.504. The summed E-state index contributed by atoms with van der Waals surface area (Å²) >= 11 is 3.41. The molecule has 1 fully saturated rings. The summed E-state index contributed by atoms with van der Waals surface area (Å²) in [5.74, 6) is 0. The van der Waals surface area contributed by atoms with Crippen LogP contribution in [0.1, 0.15) is 35.8 Å². The van der Waals surface area contributed by atoms with Gasteiger partial charge in [-0.3, -0.25) is 4.98 Å². The van der Waals surface area contributed by atoms with Crippen molar-refractivity contribution in [3.05, 3.63) is 57.8 Å². The van der Waals surface area contributed by atoms with Gasteiger partial charge in [0.25, 0.3) is 0 Å². The first-order valence-corrected chi connectivity index (χ1v) is 10.6. The first kappa shape index (κ1) is 20.3. The van der Waals surface area contributed by atoms with Gasteiger partial charge in [0.1, 0.15) is 6.10 Å². The van der Waals surface area contributed by atoms with Crippen LogP contribution in [0.5, 0.6) is 0 Å². The summed E-state index contributed by atoms with van der Waals surface area (Å²) < 4.78 is 71.2. The highest BCUT2D eigenvalue weighted by atomic mass is 79.9. The van der Waals surface area contributed by atoms with E-state index in [9.17, 15) is 21.6 Å². The molecule has 0 saturated carbocycles. The number of alkyl halides is 3. The number of aromatic nitrogens is 1. The molecule has 0 N–H and O–H groups in total. The zero-order valence-electron chi connectivity index (χ0n) is 14.3. The molecule has 9 heteroatoms. The Hall–Kier alpha value is -1.45. The predicted molar refractivity (Wildman–Crippen MR) is 97.0 cm³/mol. The molecule has 1 aromatic heterocycles. The molecule has 1 aromatic carbocycles. The van der Waals surface area contributed by atoms with Gasteiger partial charge in [-0.05, 0) is 49.6 Å². The van der Waals surface area contributed by atoms with Gasteiger partial charge in [-0.1, -0.05) is 22.0 Å². The van der Waals surface area contributed by atoms with Crippen LogP contribution >= 0.6 is 15.9 Å². The number of nitrogens with zero attached hydrogens (tertiary/aromatic N) is 1. The zero-order valence-corrected chi connectivity index (χ0v) is 16.7. The minimum atomic E-state index is -4.60.